The van der Waals surface area contributed by atoms with E-state index in [1.807, 2.05) is 0 Å². The fourth-order valence-electron chi connectivity index (χ4n) is 2.57. The molecule has 0 aromatic carbocycles. The fourth-order valence-corrected chi connectivity index (χ4v) is 3.38. The van der Waals surface area contributed by atoms with Crippen molar-refractivity contribution in [2.45, 2.75) is 71.8 Å². The van der Waals surface area contributed by atoms with Crippen molar-refractivity contribution in [1.82, 2.24) is 0 Å². The standard InChI is InChI=1S/C12H28OSi/c1-5-8-11(4)12(13-14,9-6-2)10-7-3/h11H,5-10H2,1-4,14H3. The summed E-state index contributed by atoms with van der Waals surface area (Å²) in [4.78, 5) is 0. The predicted molar refractivity (Wildman–Crippen MR) is 67.6 cm³/mol. The van der Waals surface area contributed by atoms with Gasteiger partial charge < -0.3 is 4.43 Å². The molecule has 2 heteroatoms. The zero-order chi connectivity index (χ0) is 11.0. The van der Waals surface area contributed by atoms with E-state index in [0.29, 0.717) is 0 Å². The first-order valence-corrected chi connectivity index (χ1v) is 7.03. The highest BCUT2D eigenvalue weighted by atomic mass is 28.2. The molecule has 0 aliphatic heterocycles. The summed E-state index contributed by atoms with van der Waals surface area (Å²) in [5.74, 6) is 0.727. The molecule has 0 aliphatic rings. The molecule has 0 fully saturated rings. The maximum absolute atomic E-state index is 5.97. The van der Waals surface area contributed by atoms with Crippen LogP contribution >= 0.6 is 0 Å². The molecule has 0 spiro atoms. The summed E-state index contributed by atoms with van der Waals surface area (Å²) in [6.45, 7) is 9.17. The van der Waals surface area contributed by atoms with Crippen LogP contribution in [-0.4, -0.2) is 16.1 Å². The van der Waals surface area contributed by atoms with Crippen LogP contribution in [0.5, 0.6) is 0 Å². The van der Waals surface area contributed by atoms with E-state index in [1.165, 1.54) is 38.5 Å². The van der Waals surface area contributed by atoms with Crippen molar-refractivity contribution in [1.29, 1.82) is 0 Å². The third kappa shape index (κ3) is 3.74. The maximum Gasteiger partial charge on any atom is 0.146 e. The summed E-state index contributed by atoms with van der Waals surface area (Å²) in [5.41, 5.74) is 0.214. The van der Waals surface area contributed by atoms with Gasteiger partial charge in [-0.15, -0.1) is 0 Å². The van der Waals surface area contributed by atoms with Gasteiger partial charge in [0, 0.05) is 0 Å². The third-order valence-electron chi connectivity index (χ3n) is 3.37. The van der Waals surface area contributed by atoms with Gasteiger partial charge in [0.2, 0.25) is 0 Å². The minimum atomic E-state index is 0.214. The predicted octanol–water partition coefficient (Wildman–Crippen LogP) is 3.06. The van der Waals surface area contributed by atoms with Crippen LogP contribution in [0.15, 0.2) is 0 Å². The molecule has 0 saturated heterocycles. The van der Waals surface area contributed by atoms with Gasteiger partial charge in [0.05, 0.1) is 5.60 Å². The highest BCUT2D eigenvalue weighted by Gasteiger charge is 2.32. The summed E-state index contributed by atoms with van der Waals surface area (Å²) in [7, 11) is 0.880. The van der Waals surface area contributed by atoms with Gasteiger partial charge in [-0.05, 0) is 25.2 Å². The van der Waals surface area contributed by atoms with Gasteiger partial charge in [-0.1, -0.05) is 47.0 Å². The minimum absolute atomic E-state index is 0.214. The molecule has 0 saturated carbocycles. The molecule has 0 aromatic heterocycles. The normalized spacial score (nSPS) is 14.6. The molecule has 1 atom stereocenters. The lowest BCUT2D eigenvalue weighted by Gasteiger charge is -2.39. The van der Waals surface area contributed by atoms with E-state index in [1.54, 1.807) is 0 Å². The molecule has 0 bridgehead atoms. The largest absolute Gasteiger partial charge is 0.422 e. The van der Waals surface area contributed by atoms with Crippen LogP contribution in [0.25, 0.3) is 0 Å². The summed E-state index contributed by atoms with van der Waals surface area (Å²) >= 11 is 0. The molecule has 0 N–H and O–H groups in total. The maximum atomic E-state index is 5.97. The number of rotatable bonds is 8. The molecule has 14 heavy (non-hydrogen) atoms. The molecule has 86 valence electrons. The van der Waals surface area contributed by atoms with Crippen LogP contribution < -0.4 is 0 Å². The van der Waals surface area contributed by atoms with Crippen molar-refractivity contribution in [2.75, 3.05) is 0 Å². The first kappa shape index (κ1) is 14.2. The van der Waals surface area contributed by atoms with Gasteiger partial charge in [0.15, 0.2) is 0 Å². The number of hydrogen-bond donors (Lipinski definition) is 0. The molecule has 0 radical (unpaired) electrons. The highest BCUT2D eigenvalue weighted by molar-refractivity contribution is 5.98. The lowest BCUT2D eigenvalue weighted by Crippen LogP contribution is -2.39. The zero-order valence-corrected chi connectivity index (χ0v) is 12.7. The van der Waals surface area contributed by atoms with Gasteiger partial charge >= 0.3 is 0 Å². The van der Waals surface area contributed by atoms with Crippen molar-refractivity contribution in [2.24, 2.45) is 5.92 Å². The Kier molecular flexibility index (Phi) is 7.56. The molecule has 1 nitrogen and oxygen atoms in total. The lowest BCUT2D eigenvalue weighted by molar-refractivity contribution is 0.000680. The Bertz CT molecular complexity index is 130. The number of hydrogen-bond acceptors (Lipinski definition) is 1. The average molecular weight is 216 g/mol. The van der Waals surface area contributed by atoms with Crippen molar-refractivity contribution >= 4 is 10.5 Å². The van der Waals surface area contributed by atoms with E-state index in [9.17, 15) is 0 Å². The van der Waals surface area contributed by atoms with E-state index >= 15 is 0 Å². The Morgan fingerprint density at radius 2 is 1.57 bits per heavy atom. The van der Waals surface area contributed by atoms with Gasteiger partial charge in [0.25, 0.3) is 0 Å². The highest BCUT2D eigenvalue weighted by Crippen LogP contribution is 2.34. The van der Waals surface area contributed by atoms with Crippen LogP contribution in [0.2, 0.25) is 0 Å². The van der Waals surface area contributed by atoms with Crippen molar-refractivity contribution in [3.63, 3.8) is 0 Å². The van der Waals surface area contributed by atoms with Crippen molar-refractivity contribution in [3.05, 3.63) is 0 Å². The zero-order valence-electron chi connectivity index (χ0n) is 10.7. The SMILES string of the molecule is CCCC(C)C(CCC)(CCC)O[SiH3]. The van der Waals surface area contributed by atoms with Crippen LogP contribution in [0.1, 0.15) is 66.2 Å². The summed E-state index contributed by atoms with van der Waals surface area (Å²) in [5, 5.41) is 0. The average Bonchev–Trinajstić information content (AvgIpc) is 2.17. The van der Waals surface area contributed by atoms with Gasteiger partial charge in [0.1, 0.15) is 10.5 Å². The third-order valence-corrected chi connectivity index (χ3v) is 4.19. The van der Waals surface area contributed by atoms with E-state index in [-0.39, 0.29) is 5.60 Å². The molecular formula is C12H28OSi. The quantitative estimate of drug-likeness (QED) is 0.567. The Labute approximate surface area is 93.2 Å². The Morgan fingerprint density at radius 3 is 1.86 bits per heavy atom. The topological polar surface area (TPSA) is 9.23 Å². The summed E-state index contributed by atoms with van der Waals surface area (Å²) in [6.07, 6.45) is 7.56. The molecule has 0 aromatic rings. The Hall–Kier alpha value is 0.177. The second kappa shape index (κ2) is 7.47. The summed E-state index contributed by atoms with van der Waals surface area (Å²) < 4.78 is 5.97. The van der Waals surface area contributed by atoms with E-state index in [2.05, 4.69) is 27.7 Å². The van der Waals surface area contributed by atoms with Gasteiger partial charge in [-0.2, -0.15) is 0 Å². The van der Waals surface area contributed by atoms with Crippen LogP contribution in [0.4, 0.5) is 0 Å². The molecular weight excluding hydrogens is 188 g/mol. The molecule has 0 amide bonds. The van der Waals surface area contributed by atoms with Crippen molar-refractivity contribution < 1.29 is 4.43 Å². The second-order valence-electron chi connectivity index (χ2n) is 4.46. The van der Waals surface area contributed by atoms with Gasteiger partial charge in [-0.3, -0.25) is 0 Å². The second-order valence-corrected chi connectivity index (χ2v) is 4.87. The minimum Gasteiger partial charge on any atom is -0.422 e. The smallest absolute Gasteiger partial charge is 0.146 e. The van der Waals surface area contributed by atoms with E-state index in [4.69, 9.17) is 4.43 Å². The first-order chi connectivity index (χ1) is 6.66. The molecule has 0 heterocycles. The first-order valence-electron chi connectivity index (χ1n) is 6.22. The molecule has 0 aliphatic carbocycles. The van der Waals surface area contributed by atoms with Gasteiger partial charge in [-0.25, -0.2) is 0 Å². The van der Waals surface area contributed by atoms with Crippen molar-refractivity contribution in [3.8, 4) is 0 Å². The van der Waals surface area contributed by atoms with Crippen LogP contribution in [0, 0.1) is 5.92 Å². The monoisotopic (exact) mass is 216 g/mol. The Morgan fingerprint density at radius 1 is 1.07 bits per heavy atom. The summed E-state index contributed by atoms with van der Waals surface area (Å²) in [6, 6.07) is 0. The Balaban J connectivity index is 4.45. The molecule has 1 unspecified atom stereocenters. The van der Waals surface area contributed by atoms with Crippen LogP contribution in [0.3, 0.4) is 0 Å². The molecule has 0 rings (SSSR count). The van der Waals surface area contributed by atoms with Crippen LogP contribution in [-0.2, 0) is 4.43 Å². The van der Waals surface area contributed by atoms with E-state index < -0.39 is 0 Å². The van der Waals surface area contributed by atoms with E-state index in [0.717, 1.165) is 16.4 Å². The lowest BCUT2D eigenvalue weighted by atomic mass is 9.79. The fraction of sp³-hybridized carbons (Fsp3) is 1.00.